The number of anilines is 1. The third kappa shape index (κ3) is 3.63. The molecule has 0 fully saturated rings. The average Bonchev–Trinajstić information content (AvgIpc) is 2.45. The molecule has 2 rings (SSSR count). The van der Waals surface area contributed by atoms with E-state index in [4.69, 9.17) is 10.6 Å². The lowest BCUT2D eigenvalue weighted by Gasteiger charge is -2.08. The van der Waals surface area contributed by atoms with Crippen LogP contribution in [0.1, 0.15) is 17.1 Å². The van der Waals surface area contributed by atoms with Crippen molar-refractivity contribution in [1.82, 2.24) is 9.97 Å². The molecule has 8 nitrogen and oxygen atoms in total. The Morgan fingerprint density at radius 3 is 2.76 bits per heavy atom. The Kier molecular flexibility index (Phi) is 4.29. The summed E-state index contributed by atoms with van der Waals surface area (Å²) in [5, 5.41) is 11.0. The molecule has 110 valence electrons. The maximum Gasteiger partial charge on any atom is 0.311 e. The van der Waals surface area contributed by atoms with Crippen molar-refractivity contribution in [3.63, 3.8) is 0 Å². The lowest BCUT2D eigenvalue weighted by molar-refractivity contribution is -0.386. The lowest BCUT2D eigenvalue weighted by Crippen LogP contribution is -2.12. The molecule has 0 aliphatic heterocycles. The van der Waals surface area contributed by atoms with Gasteiger partial charge in [-0.25, -0.2) is 15.8 Å². The van der Waals surface area contributed by atoms with E-state index in [1.54, 1.807) is 32.0 Å². The molecule has 0 saturated carbocycles. The highest BCUT2D eigenvalue weighted by Gasteiger charge is 2.15. The van der Waals surface area contributed by atoms with Gasteiger partial charge in [-0.3, -0.25) is 10.1 Å². The van der Waals surface area contributed by atoms with Crippen LogP contribution in [0.25, 0.3) is 0 Å². The van der Waals surface area contributed by atoms with Gasteiger partial charge in [-0.05, 0) is 25.5 Å². The summed E-state index contributed by atoms with van der Waals surface area (Å²) in [5.41, 5.74) is 3.85. The lowest BCUT2D eigenvalue weighted by atomic mass is 10.2. The van der Waals surface area contributed by atoms with Crippen LogP contribution in [0, 0.1) is 24.0 Å². The number of nitrogen functional groups attached to an aromatic ring is 1. The number of aryl methyl sites for hydroxylation is 2. The number of aromatic nitrogens is 2. The number of hydrogen-bond donors (Lipinski definition) is 2. The normalized spacial score (nSPS) is 10.2. The minimum Gasteiger partial charge on any atom is -0.479 e. The standard InChI is InChI=1S/C13H15N5O3/c1-8-3-4-11(10(5-8)18(19)20)21-7-13-15-9(2)6-12(16-13)17-14/h3-6H,7,14H2,1-2H3,(H,15,16,17). The molecule has 0 atom stereocenters. The van der Waals surface area contributed by atoms with Gasteiger partial charge in [-0.2, -0.15) is 0 Å². The number of hydrogen-bond acceptors (Lipinski definition) is 7. The van der Waals surface area contributed by atoms with Crippen molar-refractivity contribution in [1.29, 1.82) is 0 Å². The molecule has 0 radical (unpaired) electrons. The summed E-state index contributed by atoms with van der Waals surface area (Å²) in [4.78, 5) is 18.8. The first-order valence-corrected chi connectivity index (χ1v) is 6.18. The number of ether oxygens (including phenoxy) is 1. The van der Waals surface area contributed by atoms with E-state index in [2.05, 4.69) is 15.4 Å². The van der Waals surface area contributed by atoms with Crippen LogP contribution in [0.3, 0.4) is 0 Å². The Bertz CT molecular complexity index is 675. The Labute approximate surface area is 121 Å². The van der Waals surface area contributed by atoms with E-state index < -0.39 is 4.92 Å². The Balaban J connectivity index is 2.20. The van der Waals surface area contributed by atoms with Crippen LogP contribution in [-0.2, 0) is 6.61 Å². The van der Waals surface area contributed by atoms with Gasteiger partial charge in [0.1, 0.15) is 12.4 Å². The number of nitrogens with two attached hydrogens (primary N) is 1. The summed E-state index contributed by atoms with van der Waals surface area (Å²) in [7, 11) is 0. The van der Waals surface area contributed by atoms with Gasteiger partial charge in [-0.1, -0.05) is 6.07 Å². The molecule has 1 aromatic heterocycles. The number of nitrogens with one attached hydrogen (secondary N) is 1. The molecule has 0 aliphatic carbocycles. The van der Waals surface area contributed by atoms with Gasteiger partial charge >= 0.3 is 5.69 Å². The number of hydrazine groups is 1. The zero-order valence-corrected chi connectivity index (χ0v) is 11.7. The van der Waals surface area contributed by atoms with Crippen molar-refractivity contribution >= 4 is 11.5 Å². The molecule has 8 heteroatoms. The molecular formula is C13H15N5O3. The molecule has 3 N–H and O–H groups in total. The number of nitro benzene ring substituents is 1. The quantitative estimate of drug-likeness (QED) is 0.490. The van der Waals surface area contributed by atoms with E-state index in [0.29, 0.717) is 11.6 Å². The number of benzene rings is 1. The maximum atomic E-state index is 11.0. The molecule has 2 aromatic rings. The van der Waals surface area contributed by atoms with Crippen molar-refractivity contribution in [2.45, 2.75) is 20.5 Å². The zero-order chi connectivity index (χ0) is 15.4. The largest absolute Gasteiger partial charge is 0.479 e. The smallest absolute Gasteiger partial charge is 0.311 e. The summed E-state index contributed by atoms with van der Waals surface area (Å²) >= 11 is 0. The van der Waals surface area contributed by atoms with Gasteiger partial charge in [-0.15, -0.1) is 0 Å². The van der Waals surface area contributed by atoms with Crippen molar-refractivity contribution in [3.8, 4) is 5.75 Å². The van der Waals surface area contributed by atoms with Crippen LogP contribution in [0.2, 0.25) is 0 Å². The summed E-state index contributed by atoms with van der Waals surface area (Å²) in [6.07, 6.45) is 0. The van der Waals surface area contributed by atoms with Crippen molar-refractivity contribution < 1.29 is 9.66 Å². The minimum absolute atomic E-state index is 0.0141. The van der Waals surface area contributed by atoms with Crippen LogP contribution >= 0.6 is 0 Å². The van der Waals surface area contributed by atoms with Crippen LogP contribution in [0.4, 0.5) is 11.5 Å². The molecular weight excluding hydrogens is 274 g/mol. The van der Waals surface area contributed by atoms with E-state index in [1.165, 1.54) is 6.07 Å². The first kappa shape index (κ1) is 14.7. The molecule has 0 amide bonds. The van der Waals surface area contributed by atoms with Gasteiger partial charge in [0.2, 0.25) is 0 Å². The fourth-order valence-electron chi connectivity index (χ4n) is 1.80. The van der Waals surface area contributed by atoms with E-state index in [0.717, 1.165) is 11.3 Å². The first-order valence-electron chi connectivity index (χ1n) is 6.18. The number of nitro groups is 1. The third-order valence-corrected chi connectivity index (χ3v) is 2.72. The van der Waals surface area contributed by atoms with Gasteiger partial charge in [0.05, 0.1) is 4.92 Å². The summed E-state index contributed by atoms with van der Waals surface area (Å²) in [6.45, 7) is 3.58. The summed E-state index contributed by atoms with van der Waals surface area (Å²) < 4.78 is 5.46. The van der Waals surface area contributed by atoms with Gasteiger partial charge in [0, 0.05) is 17.8 Å². The highest BCUT2D eigenvalue weighted by molar-refractivity contribution is 5.48. The molecule has 0 saturated heterocycles. The molecule has 0 aliphatic rings. The van der Waals surface area contributed by atoms with E-state index >= 15 is 0 Å². The second-order valence-corrected chi connectivity index (χ2v) is 4.47. The molecule has 21 heavy (non-hydrogen) atoms. The van der Waals surface area contributed by atoms with Gasteiger partial charge in [0.25, 0.3) is 0 Å². The second-order valence-electron chi connectivity index (χ2n) is 4.47. The second kappa shape index (κ2) is 6.14. The van der Waals surface area contributed by atoms with Crippen LogP contribution in [0.5, 0.6) is 5.75 Å². The monoisotopic (exact) mass is 289 g/mol. The SMILES string of the molecule is Cc1ccc(OCc2nc(C)cc(NN)n2)c([N+](=O)[O-])c1. The van der Waals surface area contributed by atoms with E-state index in [-0.39, 0.29) is 18.0 Å². The highest BCUT2D eigenvalue weighted by atomic mass is 16.6. The fourth-order valence-corrected chi connectivity index (χ4v) is 1.80. The Morgan fingerprint density at radius 1 is 1.33 bits per heavy atom. The van der Waals surface area contributed by atoms with Gasteiger partial charge < -0.3 is 10.2 Å². The highest BCUT2D eigenvalue weighted by Crippen LogP contribution is 2.28. The predicted octanol–water partition coefficient (Wildman–Crippen LogP) is 1.87. The first-order chi connectivity index (χ1) is 9.99. The van der Waals surface area contributed by atoms with E-state index in [9.17, 15) is 10.1 Å². The topological polar surface area (TPSA) is 116 Å². The molecule has 0 unspecified atom stereocenters. The Hall–Kier alpha value is -2.74. The number of rotatable bonds is 5. The van der Waals surface area contributed by atoms with Gasteiger partial charge in [0.15, 0.2) is 11.6 Å². The molecule has 1 aromatic carbocycles. The van der Waals surface area contributed by atoms with Crippen molar-refractivity contribution in [3.05, 3.63) is 51.5 Å². The van der Waals surface area contributed by atoms with Crippen LogP contribution in [0.15, 0.2) is 24.3 Å². The Morgan fingerprint density at radius 2 is 2.10 bits per heavy atom. The maximum absolute atomic E-state index is 11.0. The summed E-state index contributed by atoms with van der Waals surface area (Å²) in [6, 6.07) is 6.44. The zero-order valence-electron chi connectivity index (χ0n) is 11.7. The average molecular weight is 289 g/mol. The van der Waals surface area contributed by atoms with E-state index in [1.807, 2.05) is 0 Å². The molecule has 0 spiro atoms. The third-order valence-electron chi connectivity index (χ3n) is 2.72. The van der Waals surface area contributed by atoms with Crippen molar-refractivity contribution in [2.24, 2.45) is 5.84 Å². The molecule has 0 bridgehead atoms. The minimum atomic E-state index is -0.480. The summed E-state index contributed by atoms with van der Waals surface area (Å²) in [5.74, 6) is 6.33. The molecule has 1 heterocycles. The van der Waals surface area contributed by atoms with Crippen LogP contribution in [-0.4, -0.2) is 14.9 Å². The fraction of sp³-hybridized carbons (Fsp3) is 0.231. The predicted molar refractivity (Wildman–Crippen MR) is 76.7 cm³/mol. The number of nitrogens with zero attached hydrogens (tertiary/aromatic N) is 3. The van der Waals surface area contributed by atoms with Crippen LogP contribution < -0.4 is 16.0 Å². The van der Waals surface area contributed by atoms with Crippen molar-refractivity contribution in [2.75, 3.05) is 5.43 Å².